The first kappa shape index (κ1) is 35.0. The van der Waals surface area contributed by atoms with Crippen molar-refractivity contribution in [3.8, 4) is 22.3 Å². The maximum atomic E-state index is 14.2. The number of methoxy groups -OCH3 is 1. The van der Waals surface area contributed by atoms with Gasteiger partial charge >= 0.3 is 11.9 Å². The third-order valence-corrected chi connectivity index (χ3v) is 7.80. The number of nitrogens with one attached hydrogen (secondary N) is 1. The van der Waals surface area contributed by atoms with Crippen molar-refractivity contribution in [2.45, 2.75) is 64.3 Å². The standard InChI is InChI=1S/C36H38F2N2O7/c1-21(2)40-30(17-16-28(41)18-29(42)19-31(43)44)32(23-8-12-26(37)13-9-23)33(24-10-14-27(38)15-11-24)34(40)35(45)39-20-22-4-6-25(7-5-22)36(46)47-3/h4-15,21,28-29,41-42H,16-20H2,1-3H3,(H,39,45)(H,43,44). The molecule has 2 unspecified atom stereocenters. The van der Waals surface area contributed by atoms with E-state index in [1.54, 1.807) is 48.5 Å². The van der Waals surface area contributed by atoms with Gasteiger partial charge in [0.05, 0.1) is 31.3 Å². The highest BCUT2D eigenvalue weighted by molar-refractivity contribution is 6.05. The number of esters is 1. The Morgan fingerprint density at radius 1 is 0.830 bits per heavy atom. The Kier molecular flexibility index (Phi) is 11.6. The molecule has 2 atom stereocenters. The van der Waals surface area contributed by atoms with Gasteiger partial charge in [-0.1, -0.05) is 36.4 Å². The molecule has 1 amide bonds. The fraction of sp³-hybridized carbons (Fsp3) is 0.306. The van der Waals surface area contributed by atoms with Gasteiger partial charge in [0, 0.05) is 29.4 Å². The van der Waals surface area contributed by atoms with Gasteiger partial charge < -0.3 is 29.9 Å². The van der Waals surface area contributed by atoms with Crippen LogP contribution < -0.4 is 5.32 Å². The van der Waals surface area contributed by atoms with Crippen LogP contribution in [-0.2, 0) is 22.5 Å². The van der Waals surface area contributed by atoms with Gasteiger partial charge in [0.15, 0.2) is 0 Å². The largest absolute Gasteiger partial charge is 0.481 e. The second-order valence-corrected chi connectivity index (χ2v) is 11.6. The van der Waals surface area contributed by atoms with E-state index in [2.05, 4.69) is 5.32 Å². The average Bonchev–Trinajstić information content (AvgIpc) is 3.38. The summed E-state index contributed by atoms with van der Waals surface area (Å²) in [4.78, 5) is 37.0. The van der Waals surface area contributed by atoms with Crippen LogP contribution in [0.4, 0.5) is 8.78 Å². The molecule has 9 nitrogen and oxygen atoms in total. The van der Waals surface area contributed by atoms with Gasteiger partial charge in [-0.3, -0.25) is 9.59 Å². The van der Waals surface area contributed by atoms with E-state index in [1.165, 1.54) is 31.4 Å². The van der Waals surface area contributed by atoms with Crippen LogP contribution in [0.25, 0.3) is 22.3 Å². The number of carbonyl (C=O) groups is 3. The van der Waals surface area contributed by atoms with Crippen molar-refractivity contribution in [2.24, 2.45) is 0 Å². The molecular weight excluding hydrogens is 610 g/mol. The summed E-state index contributed by atoms with van der Waals surface area (Å²) in [5.41, 5.74) is 4.21. The van der Waals surface area contributed by atoms with Crippen molar-refractivity contribution < 1.29 is 43.2 Å². The topological polar surface area (TPSA) is 138 Å². The summed E-state index contributed by atoms with van der Waals surface area (Å²) in [7, 11) is 1.29. The summed E-state index contributed by atoms with van der Waals surface area (Å²) < 4.78 is 34.8. The smallest absolute Gasteiger partial charge is 0.337 e. The second-order valence-electron chi connectivity index (χ2n) is 11.6. The molecular formula is C36H38F2N2O7. The number of aromatic nitrogens is 1. The van der Waals surface area contributed by atoms with Crippen LogP contribution in [0.3, 0.4) is 0 Å². The molecule has 0 saturated carbocycles. The van der Waals surface area contributed by atoms with Gasteiger partial charge in [0.25, 0.3) is 5.91 Å². The molecule has 0 spiro atoms. The molecule has 0 aliphatic carbocycles. The molecule has 47 heavy (non-hydrogen) atoms. The highest BCUT2D eigenvalue weighted by Gasteiger charge is 2.30. The van der Waals surface area contributed by atoms with E-state index in [0.717, 1.165) is 5.56 Å². The molecule has 0 fully saturated rings. The number of aliphatic carboxylic acids is 1. The maximum Gasteiger partial charge on any atom is 0.337 e. The number of carboxylic acids is 1. The van der Waals surface area contributed by atoms with Crippen molar-refractivity contribution in [2.75, 3.05) is 7.11 Å². The van der Waals surface area contributed by atoms with Gasteiger partial charge in [0.2, 0.25) is 0 Å². The number of carbonyl (C=O) groups excluding carboxylic acids is 2. The first-order chi connectivity index (χ1) is 22.4. The van der Waals surface area contributed by atoms with Gasteiger partial charge in [0.1, 0.15) is 17.3 Å². The highest BCUT2D eigenvalue weighted by Crippen LogP contribution is 2.42. The van der Waals surface area contributed by atoms with Gasteiger partial charge in [-0.15, -0.1) is 0 Å². The van der Waals surface area contributed by atoms with Crippen LogP contribution in [0.1, 0.15) is 71.3 Å². The molecule has 4 N–H and O–H groups in total. The lowest BCUT2D eigenvalue weighted by molar-refractivity contribution is -0.139. The van der Waals surface area contributed by atoms with E-state index < -0.39 is 48.1 Å². The molecule has 1 heterocycles. The molecule has 0 radical (unpaired) electrons. The fourth-order valence-electron chi connectivity index (χ4n) is 5.66. The van der Waals surface area contributed by atoms with Crippen molar-refractivity contribution in [3.05, 3.63) is 107 Å². The molecule has 4 rings (SSSR count). The zero-order valence-corrected chi connectivity index (χ0v) is 26.4. The number of hydrogen-bond donors (Lipinski definition) is 4. The quantitative estimate of drug-likeness (QED) is 0.125. The predicted octanol–water partition coefficient (Wildman–Crippen LogP) is 5.92. The predicted molar refractivity (Wildman–Crippen MR) is 172 cm³/mol. The van der Waals surface area contributed by atoms with E-state index in [4.69, 9.17) is 9.84 Å². The summed E-state index contributed by atoms with van der Waals surface area (Å²) in [6, 6.07) is 17.8. The van der Waals surface area contributed by atoms with E-state index in [1.807, 2.05) is 18.4 Å². The average molecular weight is 649 g/mol. The SMILES string of the molecule is COC(=O)c1ccc(CNC(=O)c2c(-c3ccc(F)cc3)c(-c3ccc(F)cc3)c(CCC(O)CC(O)CC(=O)O)n2C(C)C)cc1. The summed E-state index contributed by atoms with van der Waals surface area (Å²) >= 11 is 0. The normalized spacial score (nSPS) is 12.5. The van der Waals surface area contributed by atoms with E-state index >= 15 is 0 Å². The number of halogens is 2. The minimum atomic E-state index is -1.24. The fourth-order valence-corrected chi connectivity index (χ4v) is 5.66. The Morgan fingerprint density at radius 2 is 1.38 bits per heavy atom. The van der Waals surface area contributed by atoms with Crippen LogP contribution in [0.15, 0.2) is 72.8 Å². The summed E-state index contributed by atoms with van der Waals surface area (Å²) in [5.74, 6) is -3.04. The zero-order valence-electron chi connectivity index (χ0n) is 26.4. The molecule has 4 aromatic rings. The summed E-state index contributed by atoms with van der Waals surface area (Å²) in [6.45, 7) is 3.90. The number of rotatable bonds is 14. The molecule has 248 valence electrons. The third kappa shape index (κ3) is 8.69. The molecule has 11 heteroatoms. The van der Waals surface area contributed by atoms with Gasteiger partial charge in [-0.25, -0.2) is 13.6 Å². The van der Waals surface area contributed by atoms with E-state index in [0.29, 0.717) is 33.5 Å². The van der Waals surface area contributed by atoms with Crippen LogP contribution in [0.2, 0.25) is 0 Å². The number of amides is 1. The lowest BCUT2D eigenvalue weighted by Crippen LogP contribution is -2.27. The molecule has 0 aliphatic heterocycles. The van der Waals surface area contributed by atoms with Crippen LogP contribution >= 0.6 is 0 Å². The van der Waals surface area contributed by atoms with Crippen molar-refractivity contribution in [1.82, 2.24) is 9.88 Å². The first-order valence-corrected chi connectivity index (χ1v) is 15.2. The number of aliphatic hydroxyl groups is 2. The van der Waals surface area contributed by atoms with E-state index in [9.17, 15) is 33.4 Å². The van der Waals surface area contributed by atoms with Crippen molar-refractivity contribution >= 4 is 17.8 Å². The zero-order chi connectivity index (χ0) is 34.2. The number of ether oxygens (including phenoxy) is 1. The van der Waals surface area contributed by atoms with E-state index in [-0.39, 0.29) is 37.5 Å². The number of aliphatic hydroxyl groups excluding tert-OH is 2. The molecule has 3 aromatic carbocycles. The summed E-state index contributed by atoms with van der Waals surface area (Å²) in [6.07, 6.45) is -2.63. The number of nitrogens with zero attached hydrogens (tertiary/aromatic N) is 1. The Bertz CT molecular complexity index is 1700. The molecule has 0 aliphatic rings. The Morgan fingerprint density at radius 3 is 1.89 bits per heavy atom. The molecule has 0 saturated heterocycles. The van der Waals surface area contributed by atoms with Crippen LogP contribution in [-0.4, -0.2) is 57.1 Å². The van der Waals surface area contributed by atoms with Crippen molar-refractivity contribution in [3.63, 3.8) is 0 Å². The Hall–Kier alpha value is -4.87. The highest BCUT2D eigenvalue weighted by atomic mass is 19.1. The number of benzene rings is 3. The molecule has 1 aromatic heterocycles. The Labute approximate surface area is 271 Å². The monoisotopic (exact) mass is 648 g/mol. The maximum absolute atomic E-state index is 14.2. The van der Waals surface area contributed by atoms with Crippen molar-refractivity contribution in [1.29, 1.82) is 0 Å². The third-order valence-electron chi connectivity index (χ3n) is 7.80. The Balaban J connectivity index is 1.83. The minimum absolute atomic E-state index is 0.119. The lowest BCUT2D eigenvalue weighted by Gasteiger charge is -2.20. The van der Waals surface area contributed by atoms with Crippen LogP contribution in [0, 0.1) is 11.6 Å². The van der Waals surface area contributed by atoms with Gasteiger partial charge in [-0.05, 0) is 86.2 Å². The van der Waals surface area contributed by atoms with Crippen LogP contribution in [0.5, 0.6) is 0 Å². The van der Waals surface area contributed by atoms with Gasteiger partial charge in [-0.2, -0.15) is 0 Å². The minimum Gasteiger partial charge on any atom is -0.481 e. The number of hydrogen-bond acceptors (Lipinski definition) is 6. The second kappa shape index (κ2) is 15.6. The number of carboxylic acid groups (broad SMARTS) is 1. The molecule has 0 bridgehead atoms. The first-order valence-electron chi connectivity index (χ1n) is 15.2. The summed E-state index contributed by atoms with van der Waals surface area (Å²) in [5, 5.41) is 32.8. The lowest BCUT2D eigenvalue weighted by atomic mass is 9.92.